The zero-order valence-electron chi connectivity index (χ0n) is 16.1. The molecule has 0 radical (unpaired) electrons. The zero-order chi connectivity index (χ0) is 18.2. The fourth-order valence-corrected chi connectivity index (χ4v) is 3.21. The molecule has 1 aliphatic rings. The van der Waals surface area contributed by atoms with E-state index in [9.17, 15) is 0 Å². The maximum Gasteiger partial charge on any atom is 0.225 e. The number of rotatable bonds is 5. The summed E-state index contributed by atoms with van der Waals surface area (Å²) in [5.41, 5.74) is 1.22. The molecule has 0 aliphatic carbocycles. The summed E-state index contributed by atoms with van der Waals surface area (Å²) >= 11 is 0. The molecule has 1 aromatic heterocycles. The Morgan fingerprint density at radius 3 is 2.63 bits per heavy atom. The molecule has 1 unspecified atom stereocenters. The van der Waals surface area contributed by atoms with Gasteiger partial charge in [-0.05, 0) is 30.4 Å². The number of aromatic nitrogens is 2. The number of anilines is 1. The molecule has 0 bridgehead atoms. The number of halogens is 1. The van der Waals surface area contributed by atoms with Gasteiger partial charge in [-0.3, -0.25) is 0 Å². The van der Waals surface area contributed by atoms with Gasteiger partial charge in [0.05, 0.1) is 6.54 Å². The third-order valence-electron chi connectivity index (χ3n) is 4.58. The van der Waals surface area contributed by atoms with Gasteiger partial charge >= 0.3 is 0 Å². The van der Waals surface area contributed by atoms with Crippen LogP contribution in [0.5, 0.6) is 0 Å². The minimum atomic E-state index is 0. The molecule has 1 saturated heterocycles. The number of nitrogens with one attached hydrogen (secondary N) is 1. The van der Waals surface area contributed by atoms with Gasteiger partial charge in [-0.2, -0.15) is 0 Å². The number of nitrogens with zero attached hydrogens (tertiary/aromatic N) is 5. The van der Waals surface area contributed by atoms with Gasteiger partial charge in [-0.25, -0.2) is 15.0 Å². The molecule has 1 fully saturated rings. The van der Waals surface area contributed by atoms with Gasteiger partial charge in [0, 0.05) is 46.1 Å². The van der Waals surface area contributed by atoms with E-state index in [0.717, 1.165) is 31.5 Å². The molecule has 2 aromatic rings. The number of piperidine rings is 1. The highest BCUT2D eigenvalue weighted by Crippen LogP contribution is 2.19. The number of aliphatic imine (C=N–C) groups is 1. The highest BCUT2D eigenvalue weighted by atomic mass is 127. The Labute approximate surface area is 179 Å². The number of hydrogen-bond donors (Lipinski definition) is 1. The summed E-state index contributed by atoms with van der Waals surface area (Å²) < 4.78 is 0. The van der Waals surface area contributed by atoms with E-state index in [1.807, 2.05) is 43.5 Å². The summed E-state index contributed by atoms with van der Waals surface area (Å²) in [4.78, 5) is 17.8. The molecule has 0 saturated carbocycles. The van der Waals surface area contributed by atoms with Crippen LogP contribution in [0.4, 0.5) is 5.95 Å². The average molecular weight is 480 g/mol. The van der Waals surface area contributed by atoms with E-state index < -0.39 is 0 Å². The second-order valence-electron chi connectivity index (χ2n) is 6.90. The SMILES string of the molecule is CN(C)C(=NCc1ccccc1)NCC1CCCN(c2ncccn2)C1.I. The Hall–Kier alpha value is -1.90. The smallest absolute Gasteiger partial charge is 0.225 e. The molecule has 1 aromatic carbocycles. The van der Waals surface area contributed by atoms with Crippen LogP contribution in [-0.2, 0) is 6.54 Å². The quantitative estimate of drug-likeness (QED) is 0.405. The van der Waals surface area contributed by atoms with E-state index in [1.54, 1.807) is 0 Å². The molecule has 0 amide bonds. The second-order valence-corrected chi connectivity index (χ2v) is 6.90. The van der Waals surface area contributed by atoms with Crippen molar-refractivity contribution in [3.05, 3.63) is 54.4 Å². The number of hydrogen-bond acceptors (Lipinski definition) is 4. The second kappa shape index (κ2) is 11.1. The summed E-state index contributed by atoms with van der Waals surface area (Å²) in [5, 5.41) is 3.54. The molecule has 2 heterocycles. The lowest BCUT2D eigenvalue weighted by molar-refractivity contribution is 0.401. The maximum atomic E-state index is 4.75. The van der Waals surface area contributed by atoms with Crippen LogP contribution in [0.25, 0.3) is 0 Å². The molecular weight excluding hydrogens is 451 g/mol. The molecule has 27 heavy (non-hydrogen) atoms. The van der Waals surface area contributed by atoms with Crippen molar-refractivity contribution in [2.75, 3.05) is 38.6 Å². The summed E-state index contributed by atoms with van der Waals surface area (Å²) in [7, 11) is 4.06. The van der Waals surface area contributed by atoms with Crippen LogP contribution >= 0.6 is 24.0 Å². The topological polar surface area (TPSA) is 56.6 Å². The molecule has 0 spiro atoms. The van der Waals surface area contributed by atoms with Gasteiger partial charge in [-0.15, -0.1) is 24.0 Å². The van der Waals surface area contributed by atoms with Crippen LogP contribution in [0.3, 0.4) is 0 Å². The maximum absolute atomic E-state index is 4.75. The number of benzene rings is 1. The first-order valence-corrected chi connectivity index (χ1v) is 9.24. The largest absolute Gasteiger partial charge is 0.356 e. The summed E-state index contributed by atoms with van der Waals surface area (Å²) in [6.45, 7) is 3.62. The van der Waals surface area contributed by atoms with Crippen molar-refractivity contribution >= 4 is 35.9 Å². The summed E-state index contributed by atoms with van der Waals surface area (Å²) in [5.74, 6) is 2.33. The molecule has 3 rings (SSSR count). The molecule has 1 aliphatic heterocycles. The van der Waals surface area contributed by atoms with E-state index in [0.29, 0.717) is 12.5 Å². The summed E-state index contributed by atoms with van der Waals surface area (Å²) in [6, 6.07) is 12.2. The van der Waals surface area contributed by atoms with Gasteiger partial charge in [0.1, 0.15) is 0 Å². The molecule has 7 heteroatoms. The van der Waals surface area contributed by atoms with Crippen LogP contribution in [-0.4, -0.2) is 54.6 Å². The normalized spacial score (nSPS) is 17.2. The standard InChI is InChI=1S/C20H28N6.HI/c1-25(2)19(23-14-17-8-4-3-5-9-17)24-15-18-10-6-13-26(16-18)20-21-11-7-12-22-20;/h3-5,7-9,11-12,18H,6,10,13-16H2,1-2H3,(H,23,24);1H. The third-order valence-corrected chi connectivity index (χ3v) is 4.58. The lowest BCUT2D eigenvalue weighted by atomic mass is 9.98. The van der Waals surface area contributed by atoms with Crippen LogP contribution < -0.4 is 10.2 Å². The van der Waals surface area contributed by atoms with Gasteiger partial charge in [0.25, 0.3) is 0 Å². The van der Waals surface area contributed by atoms with E-state index in [4.69, 9.17) is 4.99 Å². The lowest BCUT2D eigenvalue weighted by Crippen LogP contribution is -2.44. The van der Waals surface area contributed by atoms with Gasteiger partial charge in [-0.1, -0.05) is 30.3 Å². The predicted octanol–water partition coefficient (Wildman–Crippen LogP) is 3.02. The van der Waals surface area contributed by atoms with Crippen molar-refractivity contribution in [1.82, 2.24) is 20.2 Å². The van der Waals surface area contributed by atoms with Crippen molar-refractivity contribution in [1.29, 1.82) is 0 Å². The van der Waals surface area contributed by atoms with E-state index in [1.165, 1.54) is 18.4 Å². The van der Waals surface area contributed by atoms with E-state index >= 15 is 0 Å². The Kier molecular flexibility index (Phi) is 8.77. The van der Waals surface area contributed by atoms with Crippen LogP contribution in [0.15, 0.2) is 53.8 Å². The molecule has 1 atom stereocenters. The van der Waals surface area contributed by atoms with Crippen molar-refractivity contribution < 1.29 is 0 Å². The first-order valence-electron chi connectivity index (χ1n) is 9.24. The minimum absolute atomic E-state index is 0. The van der Waals surface area contributed by atoms with Gasteiger partial charge in [0.15, 0.2) is 5.96 Å². The zero-order valence-corrected chi connectivity index (χ0v) is 18.4. The summed E-state index contributed by atoms with van der Waals surface area (Å²) in [6.07, 6.45) is 6.01. The van der Waals surface area contributed by atoms with Crippen LogP contribution in [0.1, 0.15) is 18.4 Å². The average Bonchev–Trinajstić information content (AvgIpc) is 2.69. The van der Waals surface area contributed by atoms with Crippen molar-refractivity contribution in [3.8, 4) is 0 Å². The first kappa shape index (κ1) is 21.4. The van der Waals surface area contributed by atoms with Crippen LogP contribution in [0, 0.1) is 5.92 Å². The molecule has 1 N–H and O–H groups in total. The van der Waals surface area contributed by atoms with E-state index in [-0.39, 0.29) is 24.0 Å². The lowest BCUT2D eigenvalue weighted by Gasteiger charge is -2.33. The van der Waals surface area contributed by atoms with Crippen molar-refractivity contribution in [2.45, 2.75) is 19.4 Å². The minimum Gasteiger partial charge on any atom is -0.356 e. The predicted molar refractivity (Wildman–Crippen MR) is 122 cm³/mol. The van der Waals surface area contributed by atoms with Gasteiger partial charge < -0.3 is 15.1 Å². The molecule has 6 nitrogen and oxygen atoms in total. The highest BCUT2D eigenvalue weighted by molar-refractivity contribution is 14.0. The van der Waals surface area contributed by atoms with Gasteiger partial charge in [0.2, 0.25) is 5.95 Å². The van der Waals surface area contributed by atoms with E-state index in [2.05, 4.69) is 44.5 Å². The molecular formula is C20H29IN6. The van der Waals surface area contributed by atoms with Crippen LogP contribution in [0.2, 0.25) is 0 Å². The third kappa shape index (κ3) is 6.64. The fraction of sp³-hybridized carbons (Fsp3) is 0.450. The van der Waals surface area contributed by atoms with Crippen molar-refractivity contribution in [2.24, 2.45) is 10.9 Å². The number of guanidine groups is 1. The fourth-order valence-electron chi connectivity index (χ4n) is 3.21. The Morgan fingerprint density at radius 1 is 1.19 bits per heavy atom. The monoisotopic (exact) mass is 480 g/mol. The molecule has 146 valence electrons. The Balaban J connectivity index is 0.00000261. The first-order chi connectivity index (χ1) is 12.7. The Bertz CT molecular complexity index is 692. The van der Waals surface area contributed by atoms with Crippen molar-refractivity contribution in [3.63, 3.8) is 0 Å². The Morgan fingerprint density at radius 2 is 1.93 bits per heavy atom. The highest BCUT2D eigenvalue weighted by Gasteiger charge is 2.21.